The van der Waals surface area contributed by atoms with Crippen LogP contribution in [0.15, 0.2) is 24.3 Å². The Morgan fingerprint density at radius 2 is 1.81 bits per heavy atom. The number of aryl methyl sites for hydroxylation is 1. The molecule has 0 saturated heterocycles. The van der Waals surface area contributed by atoms with Crippen LogP contribution in [0, 0.1) is 18.3 Å². The molecule has 0 spiro atoms. The lowest BCUT2D eigenvalue weighted by Crippen LogP contribution is -2.20. The summed E-state index contributed by atoms with van der Waals surface area (Å²) in [5.74, 6) is 0.667. The van der Waals surface area contributed by atoms with E-state index in [1.807, 2.05) is 31.2 Å². The zero-order valence-electron chi connectivity index (χ0n) is 11.0. The Balaban J connectivity index is 2.78. The van der Waals surface area contributed by atoms with E-state index in [0.29, 0.717) is 12.3 Å². The van der Waals surface area contributed by atoms with E-state index in [4.69, 9.17) is 0 Å². The second kappa shape index (κ2) is 4.82. The van der Waals surface area contributed by atoms with Crippen LogP contribution in [-0.2, 0) is 0 Å². The lowest BCUT2D eigenvalue weighted by atomic mass is 9.78. The summed E-state index contributed by atoms with van der Waals surface area (Å²) < 4.78 is 0. The van der Waals surface area contributed by atoms with Crippen molar-refractivity contribution < 1.29 is 4.79 Å². The van der Waals surface area contributed by atoms with Crippen LogP contribution in [-0.4, -0.2) is 5.78 Å². The predicted molar refractivity (Wildman–Crippen MR) is 68.7 cm³/mol. The van der Waals surface area contributed by atoms with Gasteiger partial charge in [-0.3, -0.25) is 4.79 Å². The van der Waals surface area contributed by atoms with E-state index in [2.05, 4.69) is 27.7 Å². The maximum atomic E-state index is 12.1. The minimum absolute atomic E-state index is 0.193. The molecule has 0 aliphatic heterocycles. The molecule has 0 saturated carbocycles. The number of rotatable bonds is 3. The third kappa shape index (κ3) is 3.19. The second-order valence-corrected chi connectivity index (χ2v) is 5.71. The van der Waals surface area contributed by atoms with Gasteiger partial charge >= 0.3 is 0 Å². The van der Waals surface area contributed by atoms with Gasteiger partial charge in [-0.1, -0.05) is 52.0 Å². The molecule has 0 aromatic heterocycles. The van der Waals surface area contributed by atoms with Crippen molar-refractivity contribution in [1.82, 2.24) is 0 Å². The smallest absolute Gasteiger partial charge is 0.163 e. The lowest BCUT2D eigenvalue weighted by Gasteiger charge is -2.26. The van der Waals surface area contributed by atoms with E-state index < -0.39 is 0 Å². The Labute approximate surface area is 98.9 Å². The van der Waals surface area contributed by atoms with Crippen molar-refractivity contribution in [2.45, 2.75) is 41.0 Å². The zero-order valence-corrected chi connectivity index (χ0v) is 11.0. The van der Waals surface area contributed by atoms with E-state index in [-0.39, 0.29) is 11.2 Å². The molecule has 1 heteroatoms. The SMILES string of the molecule is Cc1ccccc1C(=O)CC(C)C(C)(C)C. The van der Waals surface area contributed by atoms with Gasteiger partial charge in [0, 0.05) is 12.0 Å². The van der Waals surface area contributed by atoms with Crippen LogP contribution in [0.1, 0.15) is 50.0 Å². The van der Waals surface area contributed by atoms with Gasteiger partial charge in [-0.15, -0.1) is 0 Å². The van der Waals surface area contributed by atoms with Crippen LogP contribution in [0.2, 0.25) is 0 Å². The highest BCUT2D eigenvalue weighted by atomic mass is 16.1. The zero-order chi connectivity index (χ0) is 12.3. The molecule has 0 aliphatic carbocycles. The summed E-state index contributed by atoms with van der Waals surface area (Å²) in [5, 5.41) is 0. The number of Topliss-reactive ketones (excluding diaryl/α,β-unsaturated/α-hetero) is 1. The fraction of sp³-hybridized carbons (Fsp3) is 0.533. The van der Waals surface area contributed by atoms with E-state index in [0.717, 1.165) is 11.1 Å². The standard InChI is InChI=1S/C15H22O/c1-11-8-6-7-9-13(11)14(16)10-12(2)15(3,4)5/h6-9,12H,10H2,1-5H3. The van der Waals surface area contributed by atoms with E-state index in [1.54, 1.807) is 0 Å². The van der Waals surface area contributed by atoms with Crippen LogP contribution in [0.4, 0.5) is 0 Å². The summed E-state index contributed by atoms with van der Waals surface area (Å²) in [6.45, 7) is 10.7. The van der Waals surface area contributed by atoms with Gasteiger partial charge in [0.25, 0.3) is 0 Å². The monoisotopic (exact) mass is 218 g/mol. The maximum Gasteiger partial charge on any atom is 0.163 e. The average Bonchev–Trinajstić information content (AvgIpc) is 2.16. The molecule has 0 N–H and O–H groups in total. The second-order valence-electron chi connectivity index (χ2n) is 5.71. The summed E-state index contributed by atoms with van der Waals surface area (Å²) in [4.78, 5) is 12.1. The van der Waals surface area contributed by atoms with Crippen molar-refractivity contribution in [2.24, 2.45) is 11.3 Å². The molecule has 1 atom stereocenters. The quantitative estimate of drug-likeness (QED) is 0.693. The molecule has 1 aromatic carbocycles. The molecule has 0 amide bonds. The fourth-order valence-corrected chi connectivity index (χ4v) is 1.58. The van der Waals surface area contributed by atoms with Gasteiger partial charge in [-0.05, 0) is 23.8 Å². The predicted octanol–water partition coefficient (Wildman–Crippen LogP) is 4.25. The van der Waals surface area contributed by atoms with Crippen LogP contribution in [0.25, 0.3) is 0 Å². The van der Waals surface area contributed by atoms with Gasteiger partial charge in [-0.25, -0.2) is 0 Å². The molecule has 0 radical (unpaired) electrons. The highest BCUT2D eigenvalue weighted by Gasteiger charge is 2.23. The molecular weight excluding hydrogens is 196 g/mol. The first kappa shape index (κ1) is 13.0. The first-order valence-corrected chi connectivity index (χ1v) is 5.91. The minimum Gasteiger partial charge on any atom is -0.294 e. The Kier molecular flexibility index (Phi) is 3.90. The van der Waals surface area contributed by atoms with E-state index in [9.17, 15) is 4.79 Å². The number of hydrogen-bond acceptors (Lipinski definition) is 1. The Morgan fingerprint density at radius 1 is 1.25 bits per heavy atom. The number of ketones is 1. The normalized spacial score (nSPS) is 13.6. The minimum atomic E-state index is 0.193. The molecule has 0 bridgehead atoms. The number of hydrogen-bond donors (Lipinski definition) is 0. The molecule has 0 fully saturated rings. The molecule has 1 rings (SSSR count). The third-order valence-corrected chi connectivity index (χ3v) is 3.42. The highest BCUT2D eigenvalue weighted by Crippen LogP contribution is 2.29. The van der Waals surface area contributed by atoms with Gasteiger partial charge in [-0.2, -0.15) is 0 Å². The third-order valence-electron chi connectivity index (χ3n) is 3.42. The van der Waals surface area contributed by atoms with E-state index in [1.165, 1.54) is 0 Å². The van der Waals surface area contributed by atoms with Crippen molar-refractivity contribution in [1.29, 1.82) is 0 Å². The topological polar surface area (TPSA) is 17.1 Å². The lowest BCUT2D eigenvalue weighted by molar-refractivity contribution is 0.0926. The Bertz CT molecular complexity index is 371. The number of benzene rings is 1. The van der Waals surface area contributed by atoms with E-state index >= 15 is 0 Å². The molecule has 16 heavy (non-hydrogen) atoms. The number of carbonyl (C=O) groups is 1. The molecule has 88 valence electrons. The highest BCUT2D eigenvalue weighted by molar-refractivity contribution is 5.97. The average molecular weight is 218 g/mol. The molecule has 1 nitrogen and oxygen atoms in total. The van der Waals surface area contributed by atoms with Gasteiger partial charge in [0.15, 0.2) is 5.78 Å². The largest absolute Gasteiger partial charge is 0.294 e. The maximum absolute atomic E-state index is 12.1. The molecule has 1 aromatic rings. The Hall–Kier alpha value is -1.11. The van der Waals surface area contributed by atoms with Crippen LogP contribution in [0.5, 0.6) is 0 Å². The summed E-state index contributed by atoms with van der Waals surface area (Å²) >= 11 is 0. The summed E-state index contributed by atoms with van der Waals surface area (Å²) in [7, 11) is 0. The van der Waals surface area contributed by atoms with Crippen molar-refractivity contribution >= 4 is 5.78 Å². The number of carbonyl (C=O) groups excluding carboxylic acids is 1. The van der Waals surface area contributed by atoms with Gasteiger partial charge in [0.05, 0.1) is 0 Å². The Morgan fingerprint density at radius 3 is 2.31 bits per heavy atom. The molecule has 0 aliphatic rings. The van der Waals surface area contributed by atoms with Crippen LogP contribution >= 0.6 is 0 Å². The molecule has 0 heterocycles. The van der Waals surface area contributed by atoms with Crippen molar-refractivity contribution in [3.05, 3.63) is 35.4 Å². The molecule has 1 unspecified atom stereocenters. The van der Waals surface area contributed by atoms with Gasteiger partial charge in [0.1, 0.15) is 0 Å². The first-order chi connectivity index (χ1) is 7.32. The van der Waals surface area contributed by atoms with Crippen molar-refractivity contribution in [2.75, 3.05) is 0 Å². The first-order valence-electron chi connectivity index (χ1n) is 5.91. The van der Waals surface area contributed by atoms with Crippen LogP contribution in [0.3, 0.4) is 0 Å². The summed E-state index contributed by atoms with van der Waals surface area (Å²) in [6, 6.07) is 7.82. The van der Waals surface area contributed by atoms with Gasteiger partial charge in [0.2, 0.25) is 0 Å². The summed E-state index contributed by atoms with van der Waals surface area (Å²) in [6.07, 6.45) is 0.633. The van der Waals surface area contributed by atoms with Gasteiger partial charge < -0.3 is 0 Å². The fourth-order valence-electron chi connectivity index (χ4n) is 1.58. The molecular formula is C15H22O. The van der Waals surface area contributed by atoms with Crippen molar-refractivity contribution in [3.8, 4) is 0 Å². The summed E-state index contributed by atoms with van der Waals surface area (Å²) in [5.41, 5.74) is 2.14. The van der Waals surface area contributed by atoms with Crippen molar-refractivity contribution in [3.63, 3.8) is 0 Å². The van der Waals surface area contributed by atoms with Crippen LogP contribution < -0.4 is 0 Å².